The maximum atomic E-state index is 13.1. The lowest BCUT2D eigenvalue weighted by atomic mass is 9.97. The number of allylic oxidation sites excluding steroid dienone is 1. The number of hydrogen-bond acceptors (Lipinski definition) is 6. The summed E-state index contributed by atoms with van der Waals surface area (Å²) in [5.41, 5.74) is 2.51. The lowest BCUT2D eigenvalue weighted by Crippen LogP contribution is -2.37. The normalized spacial score (nSPS) is 19.6. The molecule has 0 radical (unpaired) electrons. The summed E-state index contributed by atoms with van der Waals surface area (Å²) in [7, 11) is 1.87. The molecule has 1 unspecified atom stereocenters. The maximum absolute atomic E-state index is 13.1. The van der Waals surface area contributed by atoms with Gasteiger partial charge in [-0.05, 0) is 51.0 Å². The molecular formula is C21H28N4O2S. The largest absolute Gasteiger partial charge is 0.379 e. The Morgan fingerprint density at radius 2 is 2.29 bits per heavy atom. The van der Waals surface area contributed by atoms with Crippen LogP contribution in [-0.2, 0) is 4.74 Å². The average Bonchev–Trinajstić information content (AvgIpc) is 3.37. The number of fused-ring (bicyclic) bond motifs is 1. The van der Waals surface area contributed by atoms with Gasteiger partial charge in [-0.15, -0.1) is 11.3 Å². The number of ether oxygens (including phenoxy) is 1. The number of aromatic nitrogens is 2. The van der Waals surface area contributed by atoms with Crippen molar-refractivity contribution in [2.75, 3.05) is 32.1 Å². The highest BCUT2D eigenvalue weighted by atomic mass is 32.1. The van der Waals surface area contributed by atoms with Crippen LogP contribution in [0.2, 0.25) is 0 Å². The summed E-state index contributed by atoms with van der Waals surface area (Å²) in [6, 6.07) is 0.157. The quantitative estimate of drug-likeness (QED) is 0.738. The summed E-state index contributed by atoms with van der Waals surface area (Å²) in [5.74, 6) is 0.885. The standard InChI is InChI=1S/C21H28N4O2S/c1-14-17-19(22-10-8-15-6-4-3-5-7-15)23-13-24-20(17)28-18(14)21(26)25(2)16-9-11-27-12-16/h6,13,16H,3-5,7-12H2,1-2H3,(H,22,23,24). The summed E-state index contributed by atoms with van der Waals surface area (Å²) in [4.78, 5) is 25.4. The van der Waals surface area contributed by atoms with E-state index in [1.807, 2.05) is 18.9 Å². The number of nitrogens with zero attached hydrogens (tertiary/aromatic N) is 3. The number of rotatable bonds is 6. The van der Waals surface area contributed by atoms with Crippen LogP contribution in [0.5, 0.6) is 0 Å². The second-order valence-electron chi connectivity index (χ2n) is 7.68. The first-order valence-electron chi connectivity index (χ1n) is 10.2. The molecular weight excluding hydrogens is 372 g/mol. The fourth-order valence-electron chi connectivity index (χ4n) is 4.04. The van der Waals surface area contributed by atoms with E-state index in [0.717, 1.165) is 52.5 Å². The molecule has 6 nitrogen and oxygen atoms in total. The van der Waals surface area contributed by atoms with E-state index >= 15 is 0 Å². The first kappa shape index (κ1) is 19.3. The van der Waals surface area contributed by atoms with E-state index in [4.69, 9.17) is 4.74 Å². The highest BCUT2D eigenvalue weighted by molar-refractivity contribution is 7.20. The highest BCUT2D eigenvalue weighted by Gasteiger charge is 2.28. The van der Waals surface area contributed by atoms with Gasteiger partial charge in [0.15, 0.2) is 0 Å². The molecule has 0 bridgehead atoms. The van der Waals surface area contributed by atoms with Crippen molar-refractivity contribution < 1.29 is 9.53 Å². The third-order valence-corrected chi connectivity index (χ3v) is 7.01. The van der Waals surface area contributed by atoms with Crippen LogP contribution in [-0.4, -0.2) is 53.6 Å². The third kappa shape index (κ3) is 3.91. The second kappa shape index (κ2) is 8.57. The monoisotopic (exact) mass is 400 g/mol. The number of thiophene rings is 1. The number of carbonyl (C=O) groups excluding carboxylic acids is 1. The van der Waals surface area contributed by atoms with Gasteiger partial charge in [-0.3, -0.25) is 4.79 Å². The van der Waals surface area contributed by atoms with Crippen LogP contribution < -0.4 is 5.32 Å². The molecule has 0 saturated carbocycles. The fourth-order valence-corrected chi connectivity index (χ4v) is 5.17. The minimum atomic E-state index is 0.0503. The van der Waals surface area contributed by atoms with Gasteiger partial charge in [0.05, 0.1) is 22.9 Å². The Morgan fingerprint density at radius 1 is 1.39 bits per heavy atom. The summed E-state index contributed by atoms with van der Waals surface area (Å²) >= 11 is 1.46. The Hall–Kier alpha value is -1.99. The minimum absolute atomic E-state index is 0.0503. The summed E-state index contributed by atoms with van der Waals surface area (Å²) in [5, 5.41) is 4.46. The van der Waals surface area contributed by atoms with Gasteiger partial charge in [0, 0.05) is 20.2 Å². The lowest BCUT2D eigenvalue weighted by molar-refractivity contribution is 0.0715. The molecule has 1 saturated heterocycles. The summed E-state index contributed by atoms with van der Waals surface area (Å²) in [6.07, 6.45) is 11.0. The van der Waals surface area contributed by atoms with Crippen molar-refractivity contribution >= 4 is 33.3 Å². The van der Waals surface area contributed by atoms with Gasteiger partial charge in [-0.25, -0.2) is 9.97 Å². The molecule has 28 heavy (non-hydrogen) atoms. The van der Waals surface area contributed by atoms with Crippen LogP contribution in [0.25, 0.3) is 10.2 Å². The number of amides is 1. The van der Waals surface area contributed by atoms with Crippen LogP contribution >= 0.6 is 11.3 Å². The number of hydrogen-bond donors (Lipinski definition) is 1. The van der Waals surface area contributed by atoms with Gasteiger partial charge in [-0.2, -0.15) is 0 Å². The first-order chi connectivity index (χ1) is 13.6. The van der Waals surface area contributed by atoms with E-state index in [0.29, 0.717) is 6.61 Å². The molecule has 1 aliphatic heterocycles. The topological polar surface area (TPSA) is 67.4 Å². The Kier molecular flexibility index (Phi) is 5.92. The van der Waals surface area contributed by atoms with E-state index in [9.17, 15) is 4.79 Å². The van der Waals surface area contributed by atoms with Crippen molar-refractivity contribution in [3.05, 3.63) is 28.4 Å². The number of nitrogens with one attached hydrogen (secondary N) is 1. The molecule has 0 spiro atoms. The summed E-state index contributed by atoms with van der Waals surface area (Å²) in [6.45, 7) is 4.21. The average molecular weight is 401 g/mol. The van der Waals surface area contributed by atoms with Gasteiger partial charge >= 0.3 is 0 Å². The van der Waals surface area contributed by atoms with Crippen molar-refractivity contribution in [3.63, 3.8) is 0 Å². The Bertz CT molecular complexity index is 886. The van der Waals surface area contributed by atoms with Crippen molar-refractivity contribution in [1.29, 1.82) is 0 Å². The van der Waals surface area contributed by atoms with Gasteiger partial charge in [0.25, 0.3) is 5.91 Å². The molecule has 1 fully saturated rings. The molecule has 1 amide bonds. The minimum Gasteiger partial charge on any atom is -0.379 e. The smallest absolute Gasteiger partial charge is 0.264 e. The molecule has 4 rings (SSSR count). The van der Waals surface area contributed by atoms with Gasteiger partial charge in [-0.1, -0.05) is 11.6 Å². The number of carbonyl (C=O) groups is 1. The van der Waals surface area contributed by atoms with Gasteiger partial charge in [0.2, 0.25) is 0 Å². The van der Waals surface area contributed by atoms with Crippen molar-refractivity contribution in [3.8, 4) is 0 Å². The molecule has 2 aromatic rings. The van der Waals surface area contributed by atoms with Crippen LogP contribution in [0.3, 0.4) is 0 Å². The van der Waals surface area contributed by atoms with Gasteiger partial charge < -0.3 is 15.0 Å². The predicted molar refractivity (Wildman–Crippen MR) is 113 cm³/mol. The number of aryl methyl sites for hydroxylation is 1. The Labute approximate surface area is 170 Å². The number of anilines is 1. The molecule has 1 aliphatic carbocycles. The molecule has 7 heteroatoms. The van der Waals surface area contributed by atoms with Crippen LogP contribution in [0.1, 0.15) is 53.8 Å². The molecule has 3 heterocycles. The molecule has 150 valence electrons. The first-order valence-corrected chi connectivity index (χ1v) is 11.0. The number of likely N-dealkylation sites (N-methyl/N-ethyl adjacent to an activating group) is 1. The molecule has 2 aromatic heterocycles. The van der Waals surface area contributed by atoms with E-state index in [1.54, 1.807) is 11.9 Å². The molecule has 2 aliphatic rings. The summed E-state index contributed by atoms with van der Waals surface area (Å²) < 4.78 is 5.44. The predicted octanol–water partition coefficient (Wildman–Crippen LogP) is 4.16. The van der Waals surface area contributed by atoms with Crippen molar-refractivity contribution in [1.82, 2.24) is 14.9 Å². The molecule has 1 N–H and O–H groups in total. The zero-order chi connectivity index (χ0) is 19.5. The Morgan fingerprint density at radius 3 is 3.04 bits per heavy atom. The highest BCUT2D eigenvalue weighted by Crippen LogP contribution is 2.34. The zero-order valence-electron chi connectivity index (χ0n) is 16.7. The van der Waals surface area contributed by atoms with E-state index in [-0.39, 0.29) is 11.9 Å². The van der Waals surface area contributed by atoms with Crippen molar-refractivity contribution in [2.24, 2.45) is 0 Å². The molecule has 1 atom stereocenters. The van der Waals surface area contributed by atoms with Gasteiger partial charge in [0.1, 0.15) is 17.0 Å². The van der Waals surface area contributed by atoms with Crippen LogP contribution in [0.15, 0.2) is 18.0 Å². The lowest BCUT2D eigenvalue weighted by Gasteiger charge is -2.22. The SMILES string of the molecule is Cc1c(C(=O)N(C)C2CCOC2)sc2ncnc(NCCC3=CCCCC3)c12. The Balaban J connectivity index is 1.52. The van der Waals surface area contributed by atoms with E-state index in [1.165, 1.54) is 37.0 Å². The third-order valence-electron chi connectivity index (χ3n) is 5.82. The maximum Gasteiger partial charge on any atom is 0.264 e. The van der Waals surface area contributed by atoms with Crippen LogP contribution in [0.4, 0.5) is 5.82 Å². The fraction of sp³-hybridized carbons (Fsp3) is 0.571. The van der Waals surface area contributed by atoms with E-state index in [2.05, 4.69) is 21.4 Å². The zero-order valence-corrected chi connectivity index (χ0v) is 17.5. The van der Waals surface area contributed by atoms with E-state index < -0.39 is 0 Å². The second-order valence-corrected chi connectivity index (χ2v) is 8.68. The van der Waals surface area contributed by atoms with Crippen LogP contribution in [0, 0.1) is 6.92 Å². The van der Waals surface area contributed by atoms with Crippen molar-refractivity contribution in [2.45, 2.75) is 51.5 Å². The molecule has 0 aromatic carbocycles.